The number of aliphatic hydroxyl groups excluding tert-OH is 9. The molecule has 0 aliphatic carbocycles. The van der Waals surface area contributed by atoms with Gasteiger partial charge in [-0.05, 0) is 6.92 Å². The Bertz CT molecular complexity index is 731. The quantitative estimate of drug-likeness (QED) is 0.147. The third kappa shape index (κ3) is 6.13. The summed E-state index contributed by atoms with van der Waals surface area (Å²) in [4.78, 5) is 11.5. The van der Waals surface area contributed by atoms with Crippen molar-refractivity contribution in [3.8, 4) is 0 Å². The van der Waals surface area contributed by atoms with Gasteiger partial charge in [0.2, 0.25) is 5.91 Å². The van der Waals surface area contributed by atoms with E-state index in [0.29, 0.717) is 0 Å². The molecule has 210 valence electrons. The second kappa shape index (κ2) is 12.2. The van der Waals surface area contributed by atoms with Crippen molar-refractivity contribution in [2.75, 3.05) is 13.2 Å². The van der Waals surface area contributed by atoms with Gasteiger partial charge in [-0.15, -0.1) is 0 Å². The zero-order valence-corrected chi connectivity index (χ0v) is 19.5. The van der Waals surface area contributed by atoms with E-state index in [9.17, 15) is 50.8 Å². The average molecular weight is 529 g/mol. The number of carbonyl (C=O) groups is 1. The second-order valence-electron chi connectivity index (χ2n) is 9.09. The van der Waals surface area contributed by atoms with Gasteiger partial charge < -0.3 is 75.0 Å². The van der Waals surface area contributed by atoms with Crippen LogP contribution in [0.15, 0.2) is 0 Å². The lowest BCUT2D eigenvalue weighted by Crippen LogP contribution is -2.66. The molecule has 16 heteroatoms. The first kappa shape index (κ1) is 29.5. The van der Waals surface area contributed by atoms with E-state index in [1.54, 1.807) is 0 Å². The maximum atomic E-state index is 11.5. The van der Waals surface area contributed by atoms with Gasteiger partial charge in [-0.3, -0.25) is 4.79 Å². The molecule has 3 heterocycles. The summed E-state index contributed by atoms with van der Waals surface area (Å²) < 4.78 is 26.8. The van der Waals surface area contributed by atoms with Crippen molar-refractivity contribution in [2.45, 2.75) is 106 Å². The Hall–Kier alpha value is -1.09. The summed E-state index contributed by atoms with van der Waals surface area (Å²) in [5.41, 5.74) is 0. The first-order chi connectivity index (χ1) is 16.9. The van der Waals surface area contributed by atoms with E-state index in [1.165, 1.54) is 6.92 Å². The number of hydrogen-bond donors (Lipinski definition) is 10. The topological polar surface area (TPSA) is 257 Å². The lowest BCUT2D eigenvalue weighted by Gasteiger charge is -2.45. The largest absolute Gasteiger partial charge is 0.394 e. The van der Waals surface area contributed by atoms with Crippen LogP contribution < -0.4 is 5.32 Å². The molecule has 16 nitrogen and oxygen atoms in total. The molecule has 15 atom stereocenters. The Kier molecular flexibility index (Phi) is 9.97. The Morgan fingerprint density at radius 1 is 0.778 bits per heavy atom. The molecule has 3 aliphatic heterocycles. The van der Waals surface area contributed by atoms with Crippen LogP contribution in [0.1, 0.15) is 13.8 Å². The minimum atomic E-state index is -1.87. The van der Waals surface area contributed by atoms with Crippen LogP contribution in [0.25, 0.3) is 0 Å². The number of amides is 1. The summed E-state index contributed by atoms with van der Waals surface area (Å²) in [5.74, 6) is -0.579. The number of ether oxygens (including phenoxy) is 5. The maximum Gasteiger partial charge on any atom is 0.217 e. The van der Waals surface area contributed by atoms with Crippen molar-refractivity contribution < 1.29 is 74.4 Å². The lowest BCUT2D eigenvalue weighted by molar-refractivity contribution is -0.362. The molecule has 0 aromatic heterocycles. The van der Waals surface area contributed by atoms with Crippen LogP contribution in [-0.4, -0.2) is 157 Å². The molecule has 0 radical (unpaired) electrons. The summed E-state index contributed by atoms with van der Waals surface area (Å²) in [7, 11) is 0. The van der Waals surface area contributed by atoms with Crippen LogP contribution in [-0.2, 0) is 28.5 Å². The minimum Gasteiger partial charge on any atom is -0.394 e. The molecular weight excluding hydrogens is 494 g/mol. The van der Waals surface area contributed by atoms with E-state index >= 15 is 0 Å². The van der Waals surface area contributed by atoms with Crippen LogP contribution in [0.5, 0.6) is 0 Å². The van der Waals surface area contributed by atoms with E-state index in [-0.39, 0.29) is 0 Å². The fourth-order valence-electron chi connectivity index (χ4n) is 4.29. The highest BCUT2D eigenvalue weighted by Crippen LogP contribution is 2.29. The molecule has 10 N–H and O–H groups in total. The highest BCUT2D eigenvalue weighted by Gasteiger charge is 2.51. The van der Waals surface area contributed by atoms with Gasteiger partial charge in [0, 0.05) is 6.92 Å². The van der Waals surface area contributed by atoms with Crippen molar-refractivity contribution in [2.24, 2.45) is 0 Å². The van der Waals surface area contributed by atoms with Gasteiger partial charge in [0.25, 0.3) is 0 Å². The van der Waals surface area contributed by atoms with Gasteiger partial charge >= 0.3 is 0 Å². The molecule has 0 aromatic carbocycles. The smallest absolute Gasteiger partial charge is 0.217 e. The molecule has 0 spiro atoms. The third-order valence-corrected chi connectivity index (χ3v) is 6.44. The molecule has 3 saturated heterocycles. The van der Waals surface area contributed by atoms with Crippen molar-refractivity contribution in [1.29, 1.82) is 0 Å². The number of aliphatic hydroxyl groups is 9. The number of rotatable bonds is 7. The van der Waals surface area contributed by atoms with Crippen LogP contribution in [0.3, 0.4) is 0 Å². The van der Waals surface area contributed by atoms with E-state index in [1.807, 2.05) is 0 Å². The molecule has 0 saturated carbocycles. The first-order valence-electron chi connectivity index (χ1n) is 11.4. The van der Waals surface area contributed by atoms with Crippen LogP contribution in [0.4, 0.5) is 0 Å². The molecule has 3 rings (SSSR count). The molecule has 0 bridgehead atoms. The van der Waals surface area contributed by atoms with E-state index in [2.05, 4.69) is 5.32 Å². The van der Waals surface area contributed by atoms with Crippen molar-refractivity contribution >= 4 is 5.91 Å². The van der Waals surface area contributed by atoms with Gasteiger partial charge in [0.15, 0.2) is 18.9 Å². The van der Waals surface area contributed by atoms with Gasteiger partial charge in [-0.2, -0.15) is 0 Å². The predicted molar refractivity (Wildman–Crippen MR) is 111 cm³/mol. The Balaban J connectivity index is 1.63. The molecule has 36 heavy (non-hydrogen) atoms. The highest BCUT2D eigenvalue weighted by atomic mass is 16.7. The molecule has 0 aromatic rings. The summed E-state index contributed by atoms with van der Waals surface area (Å²) in [5, 5.41) is 93.3. The van der Waals surface area contributed by atoms with Crippen molar-refractivity contribution in [3.05, 3.63) is 0 Å². The zero-order valence-electron chi connectivity index (χ0n) is 19.5. The fourth-order valence-corrected chi connectivity index (χ4v) is 4.29. The minimum absolute atomic E-state index is 0.547. The van der Waals surface area contributed by atoms with E-state index in [4.69, 9.17) is 23.7 Å². The van der Waals surface area contributed by atoms with Gasteiger partial charge in [-0.1, -0.05) is 0 Å². The Morgan fingerprint density at radius 3 is 2.03 bits per heavy atom. The normalized spacial score (nSPS) is 50.0. The molecule has 3 fully saturated rings. The summed E-state index contributed by atoms with van der Waals surface area (Å²) in [6.45, 7) is 1.33. The average Bonchev–Trinajstić information content (AvgIpc) is 2.83. The summed E-state index contributed by atoms with van der Waals surface area (Å²) >= 11 is 0. The monoisotopic (exact) mass is 529 g/mol. The zero-order chi connectivity index (χ0) is 26.9. The highest BCUT2D eigenvalue weighted by molar-refractivity contribution is 5.73. The summed E-state index contributed by atoms with van der Waals surface area (Å²) in [6, 6.07) is -1.26. The lowest BCUT2D eigenvalue weighted by atomic mass is 9.96. The standard InChI is InChI=1S/C20H35NO15/c1-5-10(24)14(28)16(30)20(33-5)36-17-15(29)12(26)8(34-18(17)31)4-32-19-9(21-6(2)23)13(27)11(25)7(3-22)35-19/h5,7-20,22,24-31H,3-4H2,1-2H3,(H,21,23)/t5-,7+,8+,9+,10+,11-,12-,13+,14+,15-,16-,17+,18+,19+,20-/m0/s1. The third-order valence-electron chi connectivity index (χ3n) is 6.44. The van der Waals surface area contributed by atoms with Crippen molar-refractivity contribution in [3.63, 3.8) is 0 Å². The van der Waals surface area contributed by atoms with Gasteiger partial charge in [0.1, 0.15) is 67.1 Å². The van der Waals surface area contributed by atoms with Crippen LogP contribution in [0.2, 0.25) is 0 Å². The van der Waals surface area contributed by atoms with Crippen LogP contribution in [0, 0.1) is 0 Å². The van der Waals surface area contributed by atoms with Gasteiger partial charge in [-0.25, -0.2) is 0 Å². The van der Waals surface area contributed by atoms with Gasteiger partial charge in [0.05, 0.1) is 19.3 Å². The summed E-state index contributed by atoms with van der Waals surface area (Å²) in [6.07, 6.45) is -21.5. The predicted octanol–water partition coefficient (Wildman–Crippen LogP) is -6.40. The molecule has 1 amide bonds. The number of carbonyl (C=O) groups excluding carboxylic acids is 1. The fraction of sp³-hybridized carbons (Fsp3) is 0.950. The second-order valence-corrected chi connectivity index (χ2v) is 9.09. The first-order valence-corrected chi connectivity index (χ1v) is 11.4. The van der Waals surface area contributed by atoms with Crippen molar-refractivity contribution in [1.82, 2.24) is 5.32 Å². The SMILES string of the molecule is CC(=O)N[C@H]1[C@H](OC[C@H]2O[C@@H](O)[C@H](O[C@@H]3O[C@@H](C)[C@@H](O)[C@@H](O)[C@@H]3O)[C@@H](O)[C@H]2O)O[C@H](CO)[C@H](O)[C@@H]1O. The Morgan fingerprint density at radius 2 is 1.42 bits per heavy atom. The van der Waals surface area contributed by atoms with E-state index in [0.717, 1.165) is 6.92 Å². The maximum absolute atomic E-state index is 11.5. The Labute approximate surface area is 205 Å². The van der Waals surface area contributed by atoms with E-state index < -0.39 is 111 Å². The number of hydrogen-bond acceptors (Lipinski definition) is 15. The number of nitrogens with one attached hydrogen (secondary N) is 1. The molecule has 3 aliphatic rings. The van der Waals surface area contributed by atoms with Crippen LogP contribution >= 0.6 is 0 Å². The molecule has 0 unspecified atom stereocenters. The molecular formula is C20H35NO15.